The molecule has 9 heteroatoms. The van der Waals surface area contributed by atoms with Crippen molar-refractivity contribution in [2.75, 3.05) is 44.0 Å². The number of thioether (sulfide) groups is 1. The zero-order valence-electron chi connectivity index (χ0n) is 19.0. The van der Waals surface area contributed by atoms with Gasteiger partial charge in [0.1, 0.15) is 5.82 Å². The normalized spacial score (nSPS) is 13.9. The molecule has 0 aliphatic carbocycles. The molecule has 0 atom stereocenters. The third kappa shape index (κ3) is 4.76. The van der Waals surface area contributed by atoms with Crippen LogP contribution in [-0.4, -0.2) is 64.8 Å². The Hall–Kier alpha value is -3.43. The number of nitrogens with zero attached hydrogens (tertiary/aromatic N) is 5. The zero-order chi connectivity index (χ0) is 23.3. The van der Waals surface area contributed by atoms with E-state index < -0.39 is 0 Å². The van der Waals surface area contributed by atoms with Crippen molar-refractivity contribution in [1.29, 1.82) is 0 Å². The summed E-state index contributed by atoms with van der Waals surface area (Å²) >= 11 is 1.51. The molecule has 1 aliphatic rings. The first kappa shape index (κ1) is 22.4. The molecule has 174 valence electrons. The van der Waals surface area contributed by atoms with Crippen molar-refractivity contribution < 1.29 is 9.53 Å². The van der Waals surface area contributed by atoms with Crippen molar-refractivity contribution >= 4 is 34.5 Å². The molecule has 1 amide bonds. The summed E-state index contributed by atoms with van der Waals surface area (Å²) in [6.07, 6.45) is 3.78. The number of hydrogen-bond acceptors (Lipinski definition) is 7. The van der Waals surface area contributed by atoms with Crippen molar-refractivity contribution in [3.63, 3.8) is 0 Å². The first-order valence-corrected chi connectivity index (χ1v) is 12.5. The molecule has 1 N–H and O–H groups in total. The van der Waals surface area contributed by atoms with Crippen LogP contribution in [-0.2, 0) is 11.3 Å². The maximum Gasteiger partial charge on any atom is 0.251 e. The highest BCUT2D eigenvalue weighted by molar-refractivity contribution is 7.98. The number of anilines is 1. The van der Waals surface area contributed by atoms with Crippen LogP contribution >= 0.6 is 11.8 Å². The van der Waals surface area contributed by atoms with Crippen molar-refractivity contribution in [2.24, 2.45) is 0 Å². The van der Waals surface area contributed by atoms with E-state index in [4.69, 9.17) is 9.72 Å². The second-order valence-electron chi connectivity index (χ2n) is 7.94. The number of carbonyl (C=O) groups is 1. The first-order valence-electron chi connectivity index (χ1n) is 11.3. The van der Waals surface area contributed by atoms with Crippen LogP contribution in [0.5, 0.6) is 0 Å². The lowest BCUT2D eigenvalue weighted by Crippen LogP contribution is -2.37. The van der Waals surface area contributed by atoms with Gasteiger partial charge in [0, 0.05) is 25.2 Å². The van der Waals surface area contributed by atoms with E-state index in [1.54, 1.807) is 0 Å². The van der Waals surface area contributed by atoms with Gasteiger partial charge in [-0.3, -0.25) is 4.79 Å². The fourth-order valence-corrected chi connectivity index (χ4v) is 4.37. The fourth-order valence-electron chi connectivity index (χ4n) is 4.01. The smallest absolute Gasteiger partial charge is 0.251 e. The number of rotatable bonds is 7. The van der Waals surface area contributed by atoms with Gasteiger partial charge < -0.3 is 15.0 Å². The Bertz CT molecular complexity index is 1270. The van der Waals surface area contributed by atoms with Crippen LogP contribution in [0, 0.1) is 0 Å². The summed E-state index contributed by atoms with van der Waals surface area (Å²) in [5, 5.41) is 9.15. The van der Waals surface area contributed by atoms with Crippen molar-refractivity contribution in [3.05, 3.63) is 66.4 Å². The van der Waals surface area contributed by atoms with Crippen LogP contribution in [0.15, 0.2) is 66.0 Å². The third-order valence-electron chi connectivity index (χ3n) is 5.81. The lowest BCUT2D eigenvalue weighted by atomic mass is 10.0. The molecule has 2 aromatic carbocycles. The largest absolute Gasteiger partial charge is 0.378 e. The Morgan fingerprint density at radius 3 is 2.50 bits per heavy atom. The van der Waals surface area contributed by atoms with Gasteiger partial charge in [0.05, 0.1) is 31.3 Å². The topological polar surface area (TPSA) is 85.2 Å². The molecule has 3 heterocycles. The van der Waals surface area contributed by atoms with E-state index >= 15 is 0 Å². The summed E-state index contributed by atoms with van der Waals surface area (Å²) in [5.74, 6) is 0.788. The number of aromatic nitrogens is 4. The molecular formula is C25H26N6O2S. The predicted octanol–water partition coefficient (Wildman–Crippen LogP) is 3.48. The summed E-state index contributed by atoms with van der Waals surface area (Å²) in [4.78, 5) is 24.3. The lowest BCUT2D eigenvalue weighted by Gasteiger charge is -2.28. The molecule has 0 bridgehead atoms. The van der Waals surface area contributed by atoms with Gasteiger partial charge in [0.25, 0.3) is 5.91 Å². The van der Waals surface area contributed by atoms with Gasteiger partial charge in [-0.2, -0.15) is 5.10 Å². The Labute approximate surface area is 202 Å². The average molecular weight is 475 g/mol. The summed E-state index contributed by atoms with van der Waals surface area (Å²) in [7, 11) is 0. The standard InChI is InChI=1S/C25H26N6O2S/c1-34-25-28-22(30-13-15-33-16-14-30)21-17-27-31(23(21)29-25)12-11-26-24(32)20-9-7-19(8-10-20)18-5-3-2-4-6-18/h2-10,17H,11-16H2,1H3,(H,26,32). The molecule has 0 spiro atoms. The number of ether oxygens (including phenoxy) is 1. The van der Waals surface area contributed by atoms with Gasteiger partial charge in [-0.15, -0.1) is 0 Å². The van der Waals surface area contributed by atoms with Crippen molar-refractivity contribution in [2.45, 2.75) is 11.7 Å². The number of nitrogens with one attached hydrogen (secondary N) is 1. The molecule has 0 saturated carbocycles. The van der Waals surface area contributed by atoms with Crippen LogP contribution in [0.2, 0.25) is 0 Å². The van der Waals surface area contributed by atoms with Gasteiger partial charge in [0.15, 0.2) is 10.8 Å². The fraction of sp³-hybridized carbons (Fsp3) is 0.280. The number of morpholine rings is 1. The molecule has 0 unspecified atom stereocenters. The van der Waals surface area contributed by atoms with Gasteiger partial charge in [0.2, 0.25) is 0 Å². The van der Waals surface area contributed by atoms with E-state index in [0.717, 1.165) is 41.1 Å². The van der Waals surface area contributed by atoms with E-state index in [1.807, 2.05) is 59.6 Å². The summed E-state index contributed by atoms with van der Waals surface area (Å²) < 4.78 is 7.32. The molecular weight excluding hydrogens is 448 g/mol. The Morgan fingerprint density at radius 2 is 1.76 bits per heavy atom. The quantitative estimate of drug-likeness (QED) is 0.324. The van der Waals surface area contributed by atoms with Gasteiger partial charge in [-0.05, 0) is 29.5 Å². The lowest BCUT2D eigenvalue weighted by molar-refractivity contribution is 0.0952. The first-order chi connectivity index (χ1) is 16.7. The molecule has 8 nitrogen and oxygen atoms in total. The molecule has 1 saturated heterocycles. The second kappa shape index (κ2) is 10.2. The van der Waals surface area contributed by atoms with E-state index in [9.17, 15) is 4.79 Å². The number of fused-ring (bicyclic) bond motifs is 1. The highest BCUT2D eigenvalue weighted by atomic mass is 32.2. The van der Waals surface area contributed by atoms with Gasteiger partial charge >= 0.3 is 0 Å². The van der Waals surface area contributed by atoms with E-state index in [0.29, 0.717) is 37.0 Å². The number of carbonyl (C=O) groups excluding carboxylic acids is 1. The highest BCUT2D eigenvalue weighted by Gasteiger charge is 2.20. The zero-order valence-corrected chi connectivity index (χ0v) is 19.8. The van der Waals surface area contributed by atoms with E-state index in [1.165, 1.54) is 11.8 Å². The van der Waals surface area contributed by atoms with Crippen LogP contribution in [0.25, 0.3) is 22.2 Å². The Kier molecular flexibility index (Phi) is 6.73. The van der Waals surface area contributed by atoms with Gasteiger partial charge in [-0.1, -0.05) is 54.2 Å². The average Bonchev–Trinajstić information content (AvgIpc) is 3.32. The molecule has 1 aliphatic heterocycles. The summed E-state index contributed by atoms with van der Waals surface area (Å²) in [5.41, 5.74) is 3.62. The minimum absolute atomic E-state index is 0.107. The monoisotopic (exact) mass is 474 g/mol. The maximum absolute atomic E-state index is 12.7. The molecule has 5 rings (SSSR count). The van der Waals surface area contributed by atoms with Gasteiger partial charge in [-0.25, -0.2) is 14.6 Å². The molecule has 4 aromatic rings. The Morgan fingerprint density at radius 1 is 1.03 bits per heavy atom. The molecule has 2 aromatic heterocycles. The van der Waals surface area contributed by atoms with E-state index in [-0.39, 0.29) is 5.91 Å². The highest BCUT2D eigenvalue weighted by Crippen LogP contribution is 2.27. The predicted molar refractivity (Wildman–Crippen MR) is 134 cm³/mol. The minimum atomic E-state index is -0.107. The van der Waals surface area contributed by atoms with Crippen LogP contribution < -0.4 is 10.2 Å². The molecule has 34 heavy (non-hydrogen) atoms. The SMILES string of the molecule is CSc1nc(N2CCOCC2)c2cnn(CCNC(=O)c3ccc(-c4ccccc4)cc3)c2n1. The van der Waals surface area contributed by atoms with Crippen molar-refractivity contribution in [1.82, 2.24) is 25.1 Å². The Balaban J connectivity index is 1.26. The molecule has 0 radical (unpaired) electrons. The summed E-state index contributed by atoms with van der Waals surface area (Å²) in [6, 6.07) is 17.8. The van der Waals surface area contributed by atoms with Crippen LogP contribution in [0.1, 0.15) is 10.4 Å². The maximum atomic E-state index is 12.7. The van der Waals surface area contributed by atoms with Crippen LogP contribution in [0.3, 0.4) is 0 Å². The van der Waals surface area contributed by atoms with E-state index in [2.05, 4.69) is 32.4 Å². The van der Waals surface area contributed by atoms with Crippen molar-refractivity contribution in [3.8, 4) is 11.1 Å². The number of amides is 1. The second-order valence-corrected chi connectivity index (χ2v) is 8.71. The molecule has 1 fully saturated rings. The summed E-state index contributed by atoms with van der Waals surface area (Å²) in [6.45, 7) is 3.93. The van der Waals surface area contributed by atoms with Crippen LogP contribution in [0.4, 0.5) is 5.82 Å². The number of hydrogen-bond donors (Lipinski definition) is 1. The minimum Gasteiger partial charge on any atom is -0.378 e. The third-order valence-corrected chi connectivity index (χ3v) is 6.36. The number of benzene rings is 2.